The van der Waals surface area contributed by atoms with E-state index >= 15 is 0 Å². The summed E-state index contributed by atoms with van der Waals surface area (Å²) in [6.45, 7) is 8.37. The topological polar surface area (TPSA) is 71.8 Å². The third-order valence-electron chi connectivity index (χ3n) is 6.68. The molecule has 0 saturated carbocycles. The molecule has 0 aliphatic carbocycles. The molecule has 1 unspecified atom stereocenters. The van der Waals surface area contributed by atoms with Gasteiger partial charge >= 0.3 is 0 Å². The predicted molar refractivity (Wildman–Crippen MR) is 134 cm³/mol. The molecule has 3 aromatic rings. The second-order valence-corrected chi connectivity index (χ2v) is 9.27. The van der Waals surface area contributed by atoms with Crippen LogP contribution in [0.25, 0.3) is 16.7 Å². The molecular weight excluding hydrogens is 428 g/mol. The van der Waals surface area contributed by atoms with Crippen molar-refractivity contribution < 1.29 is 19.4 Å². The number of ketones is 1. The van der Waals surface area contributed by atoms with Crippen molar-refractivity contribution in [3.63, 3.8) is 0 Å². The molecule has 0 bridgehead atoms. The number of nitrogens with zero attached hydrogens (tertiary/aromatic N) is 2. The number of ether oxygens (including phenoxy) is 1. The summed E-state index contributed by atoms with van der Waals surface area (Å²) >= 11 is 0. The largest absolute Gasteiger partial charge is 0.507 e. The number of rotatable bonds is 6. The van der Waals surface area contributed by atoms with Crippen LogP contribution in [-0.4, -0.2) is 39.9 Å². The van der Waals surface area contributed by atoms with Crippen molar-refractivity contribution >= 4 is 28.4 Å². The first-order valence-corrected chi connectivity index (χ1v) is 11.7. The Morgan fingerprint density at radius 2 is 1.88 bits per heavy atom. The average molecular weight is 461 g/mol. The third-order valence-corrected chi connectivity index (χ3v) is 6.68. The van der Waals surface area contributed by atoms with E-state index in [4.69, 9.17) is 4.74 Å². The number of aliphatic hydroxyl groups excluding tert-OH is 1. The third kappa shape index (κ3) is 3.67. The minimum absolute atomic E-state index is 0.137. The van der Waals surface area contributed by atoms with Crippen LogP contribution in [0, 0.1) is 6.92 Å². The molecule has 1 atom stereocenters. The zero-order valence-corrected chi connectivity index (χ0v) is 20.7. The lowest BCUT2D eigenvalue weighted by molar-refractivity contribution is -0.139. The second kappa shape index (κ2) is 9.01. The smallest absolute Gasteiger partial charge is 0.295 e. The standard InChI is InChI=1S/C28H32N2O4/c1-7-12-30-25(21-15-29(5)22-11-9-8-10-18(21)22)24(27(32)28(30)33)26(31)20-14-19(16(2)3)23(34-6)13-17(20)4/h8-11,13-16,25,31H,7,12H2,1-6H3/b26-24+. The first-order valence-electron chi connectivity index (χ1n) is 11.7. The Labute approximate surface area is 200 Å². The van der Waals surface area contributed by atoms with Gasteiger partial charge in [0.1, 0.15) is 11.5 Å². The number of methoxy groups -OCH3 is 1. The molecule has 2 aromatic carbocycles. The molecule has 1 aliphatic heterocycles. The summed E-state index contributed by atoms with van der Waals surface area (Å²) in [4.78, 5) is 28.1. The Kier molecular flexibility index (Phi) is 6.26. The monoisotopic (exact) mass is 460 g/mol. The first kappa shape index (κ1) is 23.6. The average Bonchev–Trinajstić information content (AvgIpc) is 3.27. The molecular formula is C28H32N2O4. The van der Waals surface area contributed by atoms with E-state index in [1.165, 1.54) is 0 Å². The molecule has 34 heavy (non-hydrogen) atoms. The predicted octanol–water partition coefficient (Wildman–Crippen LogP) is 5.45. The van der Waals surface area contributed by atoms with Gasteiger partial charge in [-0.2, -0.15) is 0 Å². The van der Waals surface area contributed by atoms with E-state index in [-0.39, 0.29) is 17.3 Å². The maximum absolute atomic E-state index is 13.3. The highest BCUT2D eigenvalue weighted by Gasteiger charge is 2.46. The van der Waals surface area contributed by atoms with E-state index < -0.39 is 17.7 Å². The Balaban J connectivity index is 2.00. The molecule has 2 heterocycles. The number of Topliss-reactive ketones (excluding diaryl/α,β-unsaturated/α-hetero) is 1. The van der Waals surface area contributed by atoms with Crippen LogP contribution in [0.4, 0.5) is 0 Å². The van der Waals surface area contributed by atoms with Crippen molar-refractivity contribution in [3.05, 3.63) is 70.4 Å². The maximum Gasteiger partial charge on any atom is 0.295 e. The lowest BCUT2D eigenvalue weighted by Gasteiger charge is -2.24. The van der Waals surface area contributed by atoms with Gasteiger partial charge in [0.05, 0.1) is 18.7 Å². The Morgan fingerprint density at radius 3 is 2.53 bits per heavy atom. The SMILES string of the molecule is CCCN1C(=O)C(=O)/C(=C(/O)c2cc(C(C)C)c(OC)cc2C)C1c1cn(C)c2ccccc12. The number of carbonyl (C=O) groups is 2. The van der Waals surface area contributed by atoms with Crippen molar-refractivity contribution in [1.82, 2.24) is 9.47 Å². The fourth-order valence-corrected chi connectivity index (χ4v) is 4.99. The van der Waals surface area contributed by atoms with Crippen LogP contribution in [0.3, 0.4) is 0 Å². The van der Waals surface area contributed by atoms with Gasteiger partial charge in [-0.05, 0) is 48.6 Å². The highest BCUT2D eigenvalue weighted by molar-refractivity contribution is 6.46. The number of aryl methyl sites for hydroxylation is 2. The molecule has 6 heteroatoms. The van der Waals surface area contributed by atoms with Crippen LogP contribution >= 0.6 is 0 Å². The van der Waals surface area contributed by atoms with Gasteiger partial charge in [0, 0.05) is 41.8 Å². The van der Waals surface area contributed by atoms with Gasteiger partial charge in [0.15, 0.2) is 0 Å². The Morgan fingerprint density at radius 1 is 1.18 bits per heavy atom. The molecule has 0 radical (unpaired) electrons. The quantitative estimate of drug-likeness (QED) is 0.302. The number of para-hydroxylation sites is 1. The van der Waals surface area contributed by atoms with Crippen LogP contribution in [0.2, 0.25) is 0 Å². The van der Waals surface area contributed by atoms with Gasteiger partial charge in [-0.15, -0.1) is 0 Å². The van der Waals surface area contributed by atoms with Crippen LogP contribution in [0.1, 0.15) is 61.4 Å². The highest BCUT2D eigenvalue weighted by Crippen LogP contribution is 2.43. The molecule has 1 fully saturated rings. The number of aromatic nitrogens is 1. The summed E-state index contributed by atoms with van der Waals surface area (Å²) in [5.74, 6) is -0.474. The Hall–Kier alpha value is -3.54. The van der Waals surface area contributed by atoms with Crippen LogP contribution in [-0.2, 0) is 16.6 Å². The fourth-order valence-electron chi connectivity index (χ4n) is 4.99. The van der Waals surface area contributed by atoms with E-state index in [1.807, 2.05) is 81.9 Å². The number of hydrogen-bond acceptors (Lipinski definition) is 4. The first-order chi connectivity index (χ1) is 16.2. The van der Waals surface area contributed by atoms with Crippen molar-refractivity contribution in [1.29, 1.82) is 0 Å². The van der Waals surface area contributed by atoms with Gasteiger partial charge in [-0.3, -0.25) is 9.59 Å². The van der Waals surface area contributed by atoms with Gasteiger partial charge in [0.25, 0.3) is 11.7 Å². The lowest BCUT2D eigenvalue weighted by Crippen LogP contribution is -2.30. The van der Waals surface area contributed by atoms with E-state index in [9.17, 15) is 14.7 Å². The van der Waals surface area contributed by atoms with E-state index in [0.717, 1.165) is 33.3 Å². The molecule has 1 N–H and O–H groups in total. The van der Waals surface area contributed by atoms with Gasteiger partial charge in [0.2, 0.25) is 0 Å². The van der Waals surface area contributed by atoms with Gasteiger partial charge in [-0.25, -0.2) is 0 Å². The summed E-state index contributed by atoms with van der Waals surface area (Å²) in [6, 6.07) is 11.0. The van der Waals surface area contributed by atoms with Crippen LogP contribution in [0.5, 0.6) is 5.75 Å². The zero-order chi connectivity index (χ0) is 24.7. The molecule has 4 rings (SSSR count). The zero-order valence-electron chi connectivity index (χ0n) is 20.7. The second-order valence-electron chi connectivity index (χ2n) is 9.27. The molecule has 1 aliphatic rings. The van der Waals surface area contributed by atoms with E-state index in [0.29, 0.717) is 18.5 Å². The van der Waals surface area contributed by atoms with Crippen LogP contribution < -0.4 is 4.74 Å². The Bertz CT molecular complexity index is 1320. The van der Waals surface area contributed by atoms with Gasteiger partial charge < -0.3 is 19.3 Å². The summed E-state index contributed by atoms with van der Waals surface area (Å²) in [7, 11) is 3.57. The van der Waals surface area contributed by atoms with E-state index in [2.05, 4.69) is 0 Å². The number of carbonyl (C=O) groups excluding carboxylic acids is 2. The normalized spacial score (nSPS) is 17.9. The minimum Gasteiger partial charge on any atom is -0.507 e. The molecule has 1 aromatic heterocycles. The number of benzene rings is 2. The van der Waals surface area contributed by atoms with E-state index in [1.54, 1.807) is 12.0 Å². The number of aliphatic hydroxyl groups is 1. The highest BCUT2D eigenvalue weighted by atomic mass is 16.5. The van der Waals surface area contributed by atoms with Crippen molar-refractivity contribution in [2.45, 2.75) is 46.1 Å². The lowest BCUT2D eigenvalue weighted by atomic mass is 9.91. The number of likely N-dealkylation sites (tertiary alicyclic amines) is 1. The van der Waals surface area contributed by atoms with Crippen molar-refractivity contribution in [3.8, 4) is 5.75 Å². The fraction of sp³-hybridized carbons (Fsp3) is 0.357. The minimum atomic E-state index is -0.657. The molecule has 1 amide bonds. The number of hydrogen-bond donors (Lipinski definition) is 1. The van der Waals surface area contributed by atoms with Crippen molar-refractivity contribution in [2.24, 2.45) is 7.05 Å². The maximum atomic E-state index is 13.3. The molecule has 178 valence electrons. The summed E-state index contributed by atoms with van der Waals surface area (Å²) in [5.41, 5.74) is 4.23. The molecule has 0 spiro atoms. The van der Waals surface area contributed by atoms with Crippen LogP contribution in [0.15, 0.2) is 48.2 Å². The molecule has 6 nitrogen and oxygen atoms in total. The number of amides is 1. The summed E-state index contributed by atoms with van der Waals surface area (Å²) in [5, 5.41) is 12.5. The molecule has 1 saturated heterocycles. The summed E-state index contributed by atoms with van der Waals surface area (Å²) in [6.07, 6.45) is 2.66. The number of fused-ring (bicyclic) bond motifs is 1. The summed E-state index contributed by atoms with van der Waals surface area (Å²) < 4.78 is 7.54. The van der Waals surface area contributed by atoms with Gasteiger partial charge in [-0.1, -0.05) is 39.0 Å². The van der Waals surface area contributed by atoms with Crippen molar-refractivity contribution in [2.75, 3.05) is 13.7 Å².